The normalized spacial score (nSPS) is 25.2. The van der Waals surface area contributed by atoms with E-state index in [1.165, 1.54) is 25.0 Å². The van der Waals surface area contributed by atoms with Crippen LogP contribution in [0, 0.1) is 0 Å². The first-order chi connectivity index (χ1) is 6.20. The van der Waals surface area contributed by atoms with Gasteiger partial charge in [0.2, 0.25) is 5.91 Å². The van der Waals surface area contributed by atoms with Gasteiger partial charge in [0.05, 0.1) is 6.04 Å². The molecule has 0 aromatic carbocycles. The number of carbonyl (C=O) groups is 1. The maximum absolute atomic E-state index is 11.1. The molecule has 1 aliphatic rings. The molecule has 1 aliphatic heterocycles. The van der Waals surface area contributed by atoms with Gasteiger partial charge < -0.3 is 11.1 Å². The maximum Gasteiger partial charge on any atom is 0.236 e. The zero-order valence-electron chi connectivity index (χ0n) is 8.08. The molecule has 1 heterocycles. The highest BCUT2D eigenvalue weighted by Gasteiger charge is 2.15. The third-order valence-corrected chi connectivity index (χ3v) is 3.59. The minimum absolute atomic E-state index is 0.0360. The minimum Gasteiger partial charge on any atom is -0.354 e. The van der Waals surface area contributed by atoms with Crippen molar-refractivity contribution in [3.63, 3.8) is 0 Å². The van der Waals surface area contributed by atoms with Gasteiger partial charge in [-0.15, -0.1) is 0 Å². The van der Waals surface area contributed by atoms with Crippen LogP contribution in [0.3, 0.4) is 0 Å². The molecule has 3 N–H and O–H groups in total. The lowest BCUT2D eigenvalue weighted by Gasteiger charge is -2.21. The first kappa shape index (κ1) is 10.9. The van der Waals surface area contributed by atoms with Crippen LogP contribution in [0.25, 0.3) is 0 Å². The highest BCUT2D eigenvalue weighted by molar-refractivity contribution is 7.99. The second-order valence-electron chi connectivity index (χ2n) is 3.52. The molecular formula is C9H18N2OS. The standard InChI is InChI=1S/C9H18N2OS/c1-7(10)9(12)11-6-8-4-2-3-5-13-8/h7-8H,2-6,10H2,1H3,(H,11,12)/t7-,8?/m1/s1. The summed E-state index contributed by atoms with van der Waals surface area (Å²) in [6, 6.07) is -0.381. The molecule has 1 rings (SSSR count). The van der Waals surface area contributed by atoms with Gasteiger partial charge in [-0.3, -0.25) is 4.79 Å². The van der Waals surface area contributed by atoms with Gasteiger partial charge in [-0.05, 0) is 25.5 Å². The molecule has 0 aromatic rings. The predicted molar refractivity (Wildman–Crippen MR) is 56.8 cm³/mol. The smallest absolute Gasteiger partial charge is 0.236 e. The molecule has 1 saturated heterocycles. The first-order valence-corrected chi connectivity index (χ1v) is 5.90. The van der Waals surface area contributed by atoms with E-state index >= 15 is 0 Å². The highest BCUT2D eigenvalue weighted by atomic mass is 32.2. The minimum atomic E-state index is -0.381. The Morgan fingerprint density at radius 3 is 3.00 bits per heavy atom. The zero-order valence-corrected chi connectivity index (χ0v) is 8.90. The van der Waals surface area contributed by atoms with Crippen LogP contribution in [0.15, 0.2) is 0 Å². The summed E-state index contributed by atoms with van der Waals surface area (Å²) in [6.07, 6.45) is 3.85. The molecule has 1 unspecified atom stereocenters. The average Bonchev–Trinajstić information content (AvgIpc) is 2.15. The monoisotopic (exact) mass is 202 g/mol. The Hall–Kier alpha value is -0.220. The van der Waals surface area contributed by atoms with Crippen LogP contribution >= 0.6 is 11.8 Å². The van der Waals surface area contributed by atoms with Crippen molar-refractivity contribution in [2.75, 3.05) is 12.3 Å². The van der Waals surface area contributed by atoms with E-state index in [2.05, 4.69) is 5.32 Å². The van der Waals surface area contributed by atoms with Gasteiger partial charge in [-0.25, -0.2) is 0 Å². The third-order valence-electron chi connectivity index (χ3n) is 2.19. The molecule has 13 heavy (non-hydrogen) atoms. The molecule has 0 radical (unpaired) electrons. The van der Waals surface area contributed by atoms with E-state index in [9.17, 15) is 4.79 Å². The zero-order chi connectivity index (χ0) is 9.68. The third kappa shape index (κ3) is 4.00. The fourth-order valence-corrected chi connectivity index (χ4v) is 2.58. The molecule has 76 valence electrons. The molecule has 0 aromatic heterocycles. The molecule has 1 fully saturated rings. The Morgan fingerprint density at radius 2 is 2.46 bits per heavy atom. The predicted octanol–water partition coefficient (Wildman–Crippen LogP) is 0.735. The fraction of sp³-hybridized carbons (Fsp3) is 0.889. The lowest BCUT2D eigenvalue weighted by molar-refractivity contribution is -0.121. The van der Waals surface area contributed by atoms with Crippen molar-refractivity contribution >= 4 is 17.7 Å². The maximum atomic E-state index is 11.1. The van der Waals surface area contributed by atoms with Gasteiger partial charge in [0.1, 0.15) is 0 Å². The summed E-state index contributed by atoms with van der Waals surface area (Å²) < 4.78 is 0. The fourth-order valence-electron chi connectivity index (χ4n) is 1.34. The van der Waals surface area contributed by atoms with E-state index in [1.54, 1.807) is 6.92 Å². The quantitative estimate of drug-likeness (QED) is 0.709. The number of rotatable bonds is 3. The van der Waals surface area contributed by atoms with Crippen molar-refractivity contribution in [3.05, 3.63) is 0 Å². The van der Waals surface area contributed by atoms with Gasteiger partial charge in [0.15, 0.2) is 0 Å². The summed E-state index contributed by atoms with van der Waals surface area (Å²) in [5.41, 5.74) is 5.43. The summed E-state index contributed by atoms with van der Waals surface area (Å²) in [5, 5.41) is 3.47. The summed E-state index contributed by atoms with van der Waals surface area (Å²) >= 11 is 1.96. The van der Waals surface area contributed by atoms with Crippen LogP contribution in [-0.2, 0) is 4.79 Å². The van der Waals surface area contributed by atoms with E-state index in [-0.39, 0.29) is 11.9 Å². The van der Waals surface area contributed by atoms with Gasteiger partial charge in [0, 0.05) is 11.8 Å². The number of nitrogens with two attached hydrogens (primary N) is 1. The summed E-state index contributed by atoms with van der Waals surface area (Å²) in [5.74, 6) is 1.20. The van der Waals surface area contributed by atoms with E-state index in [1.807, 2.05) is 11.8 Å². The lowest BCUT2D eigenvalue weighted by atomic mass is 10.2. The van der Waals surface area contributed by atoms with Crippen LogP contribution in [-0.4, -0.2) is 29.5 Å². The summed E-state index contributed by atoms with van der Waals surface area (Å²) in [7, 11) is 0. The summed E-state index contributed by atoms with van der Waals surface area (Å²) in [4.78, 5) is 11.1. The number of thioether (sulfide) groups is 1. The average molecular weight is 202 g/mol. The van der Waals surface area contributed by atoms with Crippen molar-refractivity contribution < 1.29 is 4.79 Å². The second-order valence-corrected chi connectivity index (χ2v) is 4.93. The number of hydrogen-bond acceptors (Lipinski definition) is 3. The van der Waals surface area contributed by atoms with Gasteiger partial charge in [-0.1, -0.05) is 6.42 Å². The molecule has 0 aliphatic carbocycles. The Balaban J connectivity index is 2.13. The van der Waals surface area contributed by atoms with Gasteiger partial charge >= 0.3 is 0 Å². The Labute approximate surface area is 83.8 Å². The highest BCUT2D eigenvalue weighted by Crippen LogP contribution is 2.24. The van der Waals surface area contributed by atoms with Crippen LogP contribution in [0.4, 0.5) is 0 Å². The van der Waals surface area contributed by atoms with E-state index in [0.29, 0.717) is 5.25 Å². The number of carbonyl (C=O) groups excluding carboxylic acids is 1. The SMILES string of the molecule is C[C@@H](N)C(=O)NCC1CCCCS1. The molecule has 4 heteroatoms. The van der Waals surface area contributed by atoms with E-state index in [0.717, 1.165) is 6.54 Å². The van der Waals surface area contributed by atoms with E-state index in [4.69, 9.17) is 5.73 Å². The second kappa shape index (κ2) is 5.50. The van der Waals surface area contributed by atoms with Crippen molar-refractivity contribution in [2.45, 2.75) is 37.5 Å². The van der Waals surface area contributed by atoms with Crippen LogP contribution in [0.1, 0.15) is 26.2 Å². The topological polar surface area (TPSA) is 55.1 Å². The van der Waals surface area contributed by atoms with Crippen LogP contribution in [0.5, 0.6) is 0 Å². The van der Waals surface area contributed by atoms with E-state index < -0.39 is 0 Å². The Kier molecular flexibility index (Phi) is 4.59. The largest absolute Gasteiger partial charge is 0.354 e. The molecule has 0 saturated carbocycles. The molecule has 1 amide bonds. The van der Waals surface area contributed by atoms with Crippen molar-refractivity contribution in [1.82, 2.24) is 5.32 Å². The first-order valence-electron chi connectivity index (χ1n) is 4.85. The summed E-state index contributed by atoms with van der Waals surface area (Å²) in [6.45, 7) is 2.49. The molecular weight excluding hydrogens is 184 g/mol. The lowest BCUT2D eigenvalue weighted by Crippen LogP contribution is -2.41. The molecule has 2 atom stereocenters. The van der Waals surface area contributed by atoms with Crippen molar-refractivity contribution in [1.29, 1.82) is 0 Å². The van der Waals surface area contributed by atoms with Gasteiger partial charge in [0.25, 0.3) is 0 Å². The van der Waals surface area contributed by atoms with Crippen LogP contribution < -0.4 is 11.1 Å². The molecule has 3 nitrogen and oxygen atoms in total. The van der Waals surface area contributed by atoms with Crippen LogP contribution in [0.2, 0.25) is 0 Å². The number of hydrogen-bond donors (Lipinski definition) is 2. The van der Waals surface area contributed by atoms with Crippen molar-refractivity contribution in [3.8, 4) is 0 Å². The Bertz CT molecular complexity index is 167. The Morgan fingerprint density at radius 1 is 1.69 bits per heavy atom. The molecule has 0 bridgehead atoms. The molecule has 0 spiro atoms. The number of nitrogens with one attached hydrogen (secondary N) is 1. The number of amides is 1. The van der Waals surface area contributed by atoms with Gasteiger partial charge in [-0.2, -0.15) is 11.8 Å². The van der Waals surface area contributed by atoms with Crippen molar-refractivity contribution in [2.24, 2.45) is 5.73 Å².